The first-order valence-electron chi connectivity index (χ1n) is 13.9. The molecule has 2 saturated heterocycles. The van der Waals surface area contributed by atoms with Gasteiger partial charge in [-0.15, -0.1) is 0 Å². The maximum absolute atomic E-state index is 7.61. The molecule has 2 aliphatic heterocycles. The lowest BCUT2D eigenvalue weighted by Crippen LogP contribution is -2.43. The molecule has 9 nitrogen and oxygen atoms in total. The number of nitrogens with zero attached hydrogens (tertiary/aromatic N) is 4. The van der Waals surface area contributed by atoms with Crippen molar-refractivity contribution in [1.29, 1.82) is 5.41 Å². The highest BCUT2D eigenvalue weighted by Crippen LogP contribution is 2.29. The maximum atomic E-state index is 7.61. The molecule has 2 aromatic rings. The van der Waals surface area contributed by atoms with Crippen molar-refractivity contribution in [1.82, 2.24) is 25.1 Å². The van der Waals surface area contributed by atoms with Crippen molar-refractivity contribution in [3.8, 4) is 11.3 Å². The number of benzene rings is 1. The zero-order valence-corrected chi connectivity index (χ0v) is 23.2. The molecule has 4 N–H and O–H groups in total. The van der Waals surface area contributed by atoms with E-state index >= 15 is 0 Å². The van der Waals surface area contributed by atoms with E-state index in [1.165, 1.54) is 50.7 Å². The summed E-state index contributed by atoms with van der Waals surface area (Å²) >= 11 is 0. The number of ether oxygens (including phenoxy) is 1. The first-order chi connectivity index (χ1) is 19.1. The fraction of sp³-hybridized carbons (Fsp3) is 0.433. The fourth-order valence-corrected chi connectivity index (χ4v) is 5.84. The van der Waals surface area contributed by atoms with Crippen LogP contribution in [0.25, 0.3) is 11.3 Å². The van der Waals surface area contributed by atoms with E-state index in [0.29, 0.717) is 11.9 Å². The second-order valence-corrected chi connectivity index (χ2v) is 10.2. The molecule has 1 aromatic heterocycles. The minimum atomic E-state index is -0.242. The Hall–Kier alpha value is -3.69. The number of anilines is 2. The molecule has 0 bridgehead atoms. The molecule has 9 heteroatoms. The predicted molar refractivity (Wildman–Crippen MR) is 158 cm³/mol. The van der Waals surface area contributed by atoms with Crippen molar-refractivity contribution in [3.05, 3.63) is 71.5 Å². The molecule has 1 atom stereocenters. The average molecular weight is 529 g/mol. The minimum Gasteiger partial charge on any atom is -0.388 e. The van der Waals surface area contributed by atoms with Gasteiger partial charge in [-0.05, 0) is 63.1 Å². The normalized spacial score (nSPS) is 20.5. The number of rotatable bonds is 9. The van der Waals surface area contributed by atoms with Gasteiger partial charge in [0, 0.05) is 69.4 Å². The molecule has 0 radical (unpaired) electrons. The summed E-state index contributed by atoms with van der Waals surface area (Å²) in [6.07, 6.45) is 14.2. The van der Waals surface area contributed by atoms with Gasteiger partial charge in [-0.25, -0.2) is 9.97 Å². The number of nitrogens with one attached hydrogen (secondary N) is 4. The fourth-order valence-electron chi connectivity index (χ4n) is 5.84. The van der Waals surface area contributed by atoms with Crippen molar-refractivity contribution in [2.24, 2.45) is 0 Å². The molecule has 0 saturated carbocycles. The highest BCUT2D eigenvalue weighted by Gasteiger charge is 2.28. The topological polar surface area (TPSA) is 101 Å². The van der Waals surface area contributed by atoms with Crippen LogP contribution >= 0.6 is 0 Å². The zero-order valence-electron chi connectivity index (χ0n) is 23.2. The molecule has 3 heterocycles. The first-order valence-corrected chi connectivity index (χ1v) is 13.9. The van der Waals surface area contributed by atoms with Crippen LogP contribution in [0.15, 0.2) is 65.9 Å². The summed E-state index contributed by atoms with van der Waals surface area (Å²) in [5.41, 5.74) is 6.62. The molecule has 0 spiro atoms. The summed E-state index contributed by atoms with van der Waals surface area (Å²) in [6, 6.07) is 8.55. The third kappa shape index (κ3) is 5.99. The Morgan fingerprint density at radius 1 is 1.03 bits per heavy atom. The third-order valence-corrected chi connectivity index (χ3v) is 8.01. The number of allylic oxidation sites excluding steroid dienone is 2. The summed E-state index contributed by atoms with van der Waals surface area (Å²) in [5.74, 6) is 0.689. The van der Waals surface area contributed by atoms with Crippen LogP contribution in [0.1, 0.15) is 31.2 Å². The number of likely N-dealkylation sites (tertiary alicyclic amines) is 2. The van der Waals surface area contributed by atoms with Crippen molar-refractivity contribution in [2.45, 2.75) is 37.8 Å². The molecule has 0 amide bonds. The molecular formula is C30H40N8O. The van der Waals surface area contributed by atoms with Crippen LogP contribution in [0.3, 0.4) is 0 Å². The van der Waals surface area contributed by atoms with Crippen LogP contribution < -0.4 is 16.0 Å². The van der Waals surface area contributed by atoms with Gasteiger partial charge in [-0.2, -0.15) is 0 Å². The van der Waals surface area contributed by atoms with E-state index < -0.39 is 0 Å². The monoisotopic (exact) mass is 528 g/mol. The van der Waals surface area contributed by atoms with Gasteiger partial charge in [0.05, 0.1) is 22.8 Å². The third-order valence-electron chi connectivity index (χ3n) is 8.01. The van der Waals surface area contributed by atoms with Gasteiger partial charge in [0.15, 0.2) is 0 Å². The van der Waals surface area contributed by atoms with E-state index in [1.807, 2.05) is 38.4 Å². The van der Waals surface area contributed by atoms with E-state index in [9.17, 15) is 0 Å². The SMILES string of the molecule is CNC1=C(N2CCC(N3CCCC3)CC2)C=CC(OC)C(Nc2cc(-c3ccc(C=N)c(NC)c3)ncn2)=C1. The van der Waals surface area contributed by atoms with Gasteiger partial charge >= 0.3 is 0 Å². The number of hydrogen-bond donors (Lipinski definition) is 4. The van der Waals surface area contributed by atoms with Gasteiger partial charge in [0.25, 0.3) is 0 Å². The molecule has 2 fully saturated rings. The van der Waals surface area contributed by atoms with E-state index in [-0.39, 0.29) is 6.10 Å². The van der Waals surface area contributed by atoms with Crippen molar-refractivity contribution in [3.63, 3.8) is 0 Å². The Bertz CT molecular complexity index is 1260. The van der Waals surface area contributed by atoms with Crippen molar-refractivity contribution >= 4 is 17.7 Å². The van der Waals surface area contributed by atoms with E-state index in [2.05, 4.69) is 53.9 Å². The largest absolute Gasteiger partial charge is 0.388 e. The van der Waals surface area contributed by atoms with Crippen LogP contribution in [-0.4, -0.2) is 85.5 Å². The van der Waals surface area contributed by atoms with Gasteiger partial charge < -0.3 is 35.9 Å². The summed E-state index contributed by atoms with van der Waals surface area (Å²) < 4.78 is 5.87. The number of methoxy groups -OCH3 is 1. The Labute approximate surface area is 231 Å². The lowest BCUT2D eigenvalue weighted by atomic mass is 10.0. The van der Waals surface area contributed by atoms with Crippen molar-refractivity contribution in [2.75, 3.05) is 58.0 Å². The second-order valence-electron chi connectivity index (χ2n) is 10.2. The Balaban J connectivity index is 1.37. The molecule has 5 rings (SSSR count). The number of hydrogen-bond acceptors (Lipinski definition) is 9. The van der Waals surface area contributed by atoms with Gasteiger partial charge in [-0.1, -0.05) is 12.1 Å². The van der Waals surface area contributed by atoms with Crippen LogP contribution in [0.5, 0.6) is 0 Å². The Kier molecular flexibility index (Phi) is 8.58. The van der Waals surface area contributed by atoms with Gasteiger partial charge in [0.2, 0.25) is 0 Å². The first kappa shape index (κ1) is 26.9. The zero-order chi connectivity index (χ0) is 27.2. The van der Waals surface area contributed by atoms with E-state index in [0.717, 1.165) is 47.0 Å². The second kappa shape index (κ2) is 12.4. The molecule has 206 valence electrons. The average Bonchev–Trinajstić information content (AvgIpc) is 3.47. The van der Waals surface area contributed by atoms with E-state index in [1.54, 1.807) is 13.4 Å². The smallest absolute Gasteiger partial charge is 0.134 e. The lowest BCUT2D eigenvalue weighted by Gasteiger charge is -2.38. The standard InChI is InChI=1S/C30H40N8O/c1-32-24-16-21(6-7-22(24)19-31)25-18-30(35-20-34-25)36-27-17-26(33-2)28(8-9-29(27)39-3)38-14-10-23(11-15-38)37-12-4-5-13-37/h6-9,16-20,23,29,31-33H,4-5,10-15H2,1-3H3,(H,34,35,36). The van der Waals surface area contributed by atoms with Crippen LogP contribution in [-0.2, 0) is 4.74 Å². The van der Waals surface area contributed by atoms with Gasteiger partial charge in [-0.3, -0.25) is 0 Å². The molecule has 1 aromatic carbocycles. The summed E-state index contributed by atoms with van der Waals surface area (Å²) in [5, 5.41) is 17.7. The quantitative estimate of drug-likeness (QED) is 0.362. The maximum Gasteiger partial charge on any atom is 0.134 e. The predicted octanol–water partition coefficient (Wildman–Crippen LogP) is 4.05. The van der Waals surface area contributed by atoms with E-state index in [4.69, 9.17) is 10.1 Å². The minimum absolute atomic E-state index is 0.242. The molecule has 1 unspecified atom stereocenters. The molecule has 1 aliphatic carbocycles. The summed E-state index contributed by atoms with van der Waals surface area (Å²) in [7, 11) is 5.56. The number of piperidine rings is 1. The van der Waals surface area contributed by atoms with Crippen LogP contribution in [0, 0.1) is 5.41 Å². The highest BCUT2D eigenvalue weighted by molar-refractivity contribution is 5.87. The molecule has 39 heavy (non-hydrogen) atoms. The van der Waals surface area contributed by atoms with Gasteiger partial charge in [0.1, 0.15) is 18.2 Å². The number of aromatic nitrogens is 2. The van der Waals surface area contributed by atoms with Crippen LogP contribution in [0.2, 0.25) is 0 Å². The Morgan fingerprint density at radius 3 is 2.51 bits per heavy atom. The highest BCUT2D eigenvalue weighted by atomic mass is 16.5. The summed E-state index contributed by atoms with van der Waals surface area (Å²) in [6.45, 7) is 4.64. The molecular weight excluding hydrogens is 488 g/mol. The summed E-state index contributed by atoms with van der Waals surface area (Å²) in [4.78, 5) is 14.2. The van der Waals surface area contributed by atoms with Crippen LogP contribution in [0.4, 0.5) is 11.5 Å². The number of likely N-dealkylation sites (N-methyl/N-ethyl adjacent to an activating group) is 1. The lowest BCUT2D eigenvalue weighted by molar-refractivity contribution is 0.148. The Morgan fingerprint density at radius 2 is 1.82 bits per heavy atom. The molecule has 3 aliphatic rings. The van der Waals surface area contributed by atoms with Crippen molar-refractivity contribution < 1.29 is 4.74 Å².